The predicted octanol–water partition coefficient (Wildman–Crippen LogP) is 5.73. The maximum atomic E-state index is 11.4. The minimum atomic E-state index is -0.314. The molecule has 0 atom stereocenters. The maximum Gasteiger partial charge on any atom is 0.253 e. The summed E-state index contributed by atoms with van der Waals surface area (Å²) in [5.41, 5.74) is 15.1. The number of nitrogen functional groups attached to an aromatic ring is 1. The van der Waals surface area contributed by atoms with Crippen LogP contribution in [0.3, 0.4) is 0 Å². The van der Waals surface area contributed by atoms with Gasteiger partial charge in [-0.2, -0.15) is 0 Å². The quantitative estimate of drug-likeness (QED) is 0.122. The molecule has 0 bridgehead atoms. The summed E-state index contributed by atoms with van der Waals surface area (Å²) >= 11 is 10.00. The third-order valence-electron chi connectivity index (χ3n) is 6.80. The van der Waals surface area contributed by atoms with Crippen molar-refractivity contribution in [1.29, 1.82) is 0 Å². The van der Waals surface area contributed by atoms with Crippen molar-refractivity contribution in [3.8, 4) is 23.0 Å². The van der Waals surface area contributed by atoms with Crippen LogP contribution in [0.2, 0.25) is 0 Å². The lowest BCUT2D eigenvalue weighted by molar-refractivity contribution is 0.284. The molecule has 0 saturated heterocycles. The largest absolute Gasteiger partial charge is 0.493 e. The number of aromatic amines is 1. The van der Waals surface area contributed by atoms with Gasteiger partial charge in [0.2, 0.25) is 0 Å². The van der Waals surface area contributed by atoms with Crippen LogP contribution < -0.4 is 41.3 Å². The number of nitrogens with two attached hydrogens (primary N) is 2. The second-order valence-electron chi connectivity index (χ2n) is 10.2. The molecule has 244 valence electrons. The summed E-state index contributed by atoms with van der Waals surface area (Å²) < 4.78 is 24.4. The van der Waals surface area contributed by atoms with E-state index < -0.39 is 0 Å². The Morgan fingerprint density at radius 3 is 1.74 bits per heavy atom. The molecule has 0 saturated carbocycles. The second-order valence-corrected chi connectivity index (χ2v) is 11.0. The molecule has 5 rings (SSSR count). The molecular weight excluding hydrogens is 635 g/mol. The molecule has 6 N–H and O–H groups in total. The van der Waals surface area contributed by atoms with Crippen LogP contribution in [0.25, 0.3) is 0 Å². The van der Waals surface area contributed by atoms with E-state index in [1.165, 1.54) is 6.07 Å². The van der Waals surface area contributed by atoms with Gasteiger partial charge >= 0.3 is 0 Å². The van der Waals surface area contributed by atoms with Gasteiger partial charge in [0.05, 0.1) is 20.8 Å². The summed E-state index contributed by atoms with van der Waals surface area (Å²) in [5, 5.41) is 3.19. The van der Waals surface area contributed by atoms with Gasteiger partial charge in [-0.15, -0.1) is 0 Å². The molecule has 0 radical (unpaired) electrons. The Bertz CT molecular complexity index is 1880. The molecule has 0 aliphatic rings. The summed E-state index contributed by atoms with van der Waals surface area (Å²) in [6, 6.07) is 32.5. The predicted molar refractivity (Wildman–Crippen MR) is 191 cm³/mol. The van der Waals surface area contributed by atoms with E-state index >= 15 is 0 Å². The van der Waals surface area contributed by atoms with Gasteiger partial charge in [-0.05, 0) is 71.0 Å². The van der Waals surface area contributed by atoms with Crippen molar-refractivity contribution in [2.75, 3.05) is 20.0 Å². The number of aromatic nitrogens is 2. The van der Waals surface area contributed by atoms with Gasteiger partial charge in [0.1, 0.15) is 19.0 Å². The molecule has 0 unspecified atom stereocenters. The van der Waals surface area contributed by atoms with Crippen molar-refractivity contribution in [3.63, 3.8) is 0 Å². The highest BCUT2D eigenvalue weighted by atomic mass is 32.1. The first-order chi connectivity index (χ1) is 22.7. The third-order valence-corrected chi connectivity index (χ3v) is 7.27. The molecule has 0 aliphatic carbocycles. The number of rotatable bonds is 12. The third kappa shape index (κ3) is 10.6. The summed E-state index contributed by atoms with van der Waals surface area (Å²) in [5.74, 6) is 2.97. The first-order valence-electron chi connectivity index (χ1n) is 14.6. The molecular formula is C35H37N5O5S2. The molecule has 0 aliphatic heterocycles. The average molecular weight is 672 g/mol. The lowest BCUT2D eigenvalue weighted by atomic mass is 10.2. The van der Waals surface area contributed by atoms with Crippen LogP contribution in [0, 0.1) is 4.77 Å². The zero-order valence-electron chi connectivity index (χ0n) is 26.1. The van der Waals surface area contributed by atoms with Gasteiger partial charge in [0.25, 0.3) is 5.56 Å². The van der Waals surface area contributed by atoms with Crippen LogP contribution in [0.5, 0.6) is 23.0 Å². The van der Waals surface area contributed by atoms with Crippen molar-refractivity contribution in [3.05, 3.63) is 141 Å². The highest BCUT2D eigenvalue weighted by Crippen LogP contribution is 2.30. The van der Waals surface area contributed by atoms with Gasteiger partial charge in [0.15, 0.2) is 32.9 Å². The van der Waals surface area contributed by atoms with Crippen molar-refractivity contribution in [1.82, 2.24) is 14.9 Å². The van der Waals surface area contributed by atoms with E-state index in [4.69, 9.17) is 54.9 Å². The maximum absolute atomic E-state index is 11.4. The number of nitrogens with zero attached hydrogens (tertiary/aromatic N) is 1. The highest BCUT2D eigenvalue weighted by molar-refractivity contribution is 7.80. The molecule has 1 heterocycles. The Labute approximate surface area is 283 Å². The van der Waals surface area contributed by atoms with Gasteiger partial charge in [-0.3, -0.25) is 9.78 Å². The van der Waals surface area contributed by atoms with E-state index in [9.17, 15) is 4.79 Å². The Hall–Kier alpha value is -5.33. The molecule has 1 aromatic heterocycles. The Balaban J connectivity index is 0.000000218. The van der Waals surface area contributed by atoms with Crippen LogP contribution in [-0.4, -0.2) is 28.9 Å². The Morgan fingerprint density at radius 2 is 1.26 bits per heavy atom. The van der Waals surface area contributed by atoms with Crippen LogP contribution in [0.4, 0.5) is 5.82 Å². The van der Waals surface area contributed by atoms with Crippen LogP contribution in [0.15, 0.2) is 108 Å². The van der Waals surface area contributed by atoms with Crippen LogP contribution >= 0.6 is 24.4 Å². The number of thiocarbonyl (C=S) groups is 1. The summed E-state index contributed by atoms with van der Waals surface area (Å²) in [7, 11) is 3.22. The lowest BCUT2D eigenvalue weighted by Gasteiger charge is -2.14. The van der Waals surface area contributed by atoms with Crippen LogP contribution in [-0.2, 0) is 26.3 Å². The number of H-pyrrole nitrogens is 1. The Kier molecular flexibility index (Phi) is 12.8. The standard InChI is InChI=1S/C19H19N3O3S.C16H18N2O2S/c1-24-15-8-7-14(11-22-17(20)10-18(23)21-19(22)26)9-16(15)25-12-13-5-3-2-4-6-13;1-19-14-8-7-13(10-18-16(17)21)9-15(14)20-11-12-5-3-2-4-6-12/h2-10H,11-12,20H2,1H3,(H,21,23,26);2-9H,10-11H2,1H3,(H3,17,18,21). The van der Waals surface area contributed by atoms with Gasteiger partial charge < -0.3 is 40.3 Å². The molecule has 5 aromatic rings. The van der Waals surface area contributed by atoms with Gasteiger partial charge in [0, 0.05) is 12.6 Å². The zero-order valence-corrected chi connectivity index (χ0v) is 27.7. The SMILES string of the molecule is COc1ccc(CNC(N)=S)cc1OCc1ccccc1.COc1ccc(Cn2c(N)cc(=O)[nH]c2=S)cc1OCc1ccccc1. The van der Waals surface area contributed by atoms with Crippen molar-refractivity contribution in [2.24, 2.45) is 5.73 Å². The van der Waals surface area contributed by atoms with Gasteiger partial charge in [-0.1, -0.05) is 72.8 Å². The normalized spacial score (nSPS) is 10.3. The molecule has 47 heavy (non-hydrogen) atoms. The molecule has 10 nitrogen and oxygen atoms in total. The minimum absolute atomic E-state index is 0.276. The van der Waals surface area contributed by atoms with Crippen molar-refractivity contribution < 1.29 is 18.9 Å². The summed E-state index contributed by atoms with van der Waals surface area (Å²) in [6.07, 6.45) is 0. The molecule has 0 amide bonds. The first kappa shape index (κ1) is 34.5. The first-order valence-corrected chi connectivity index (χ1v) is 15.4. The van der Waals surface area contributed by atoms with Crippen molar-refractivity contribution >= 4 is 35.4 Å². The van der Waals surface area contributed by atoms with E-state index in [1.807, 2.05) is 97.1 Å². The molecule has 0 fully saturated rings. The fourth-order valence-corrected chi connectivity index (χ4v) is 4.76. The topological polar surface area (TPSA) is 139 Å². The van der Waals surface area contributed by atoms with E-state index in [0.717, 1.165) is 22.3 Å². The zero-order chi connectivity index (χ0) is 33.6. The number of anilines is 1. The van der Waals surface area contributed by atoms with Gasteiger partial charge in [-0.25, -0.2) is 0 Å². The van der Waals surface area contributed by atoms with E-state index in [2.05, 4.69) is 10.3 Å². The fourth-order valence-electron chi connectivity index (χ4n) is 4.42. The smallest absolute Gasteiger partial charge is 0.253 e. The Morgan fingerprint density at radius 1 is 0.745 bits per heavy atom. The second kappa shape index (κ2) is 17.4. The number of methoxy groups -OCH3 is 2. The highest BCUT2D eigenvalue weighted by Gasteiger charge is 2.09. The molecule has 0 spiro atoms. The average Bonchev–Trinajstić information content (AvgIpc) is 3.08. The van der Waals surface area contributed by atoms with E-state index in [1.54, 1.807) is 18.8 Å². The number of hydrogen-bond donors (Lipinski definition) is 4. The van der Waals surface area contributed by atoms with Crippen molar-refractivity contribution in [2.45, 2.75) is 26.3 Å². The molecule has 4 aromatic carbocycles. The van der Waals surface area contributed by atoms with Crippen LogP contribution in [0.1, 0.15) is 22.3 Å². The molecule has 12 heteroatoms. The lowest BCUT2D eigenvalue weighted by Crippen LogP contribution is -2.28. The number of nitrogens with one attached hydrogen (secondary N) is 2. The monoisotopic (exact) mass is 671 g/mol. The number of hydrogen-bond acceptors (Lipinski definition) is 8. The summed E-state index contributed by atoms with van der Waals surface area (Å²) in [6.45, 7) is 1.89. The minimum Gasteiger partial charge on any atom is -0.493 e. The number of ether oxygens (including phenoxy) is 4. The number of benzene rings is 4. The summed E-state index contributed by atoms with van der Waals surface area (Å²) in [4.78, 5) is 14.0. The van der Waals surface area contributed by atoms with E-state index in [0.29, 0.717) is 55.1 Å². The fraction of sp³-hybridized carbons (Fsp3) is 0.171. The van der Waals surface area contributed by atoms with E-state index in [-0.39, 0.29) is 15.4 Å².